The largest absolute Gasteiger partial charge is 0.506 e. The summed E-state index contributed by atoms with van der Waals surface area (Å²) in [6, 6.07) is 15.1. The van der Waals surface area contributed by atoms with Crippen LogP contribution in [-0.4, -0.2) is 16.8 Å². The standard InChI is InChI=1S/C18H19NO3/c1-3-19-14(11-13-5-4-6-17(20)18(13)19)12-22-16-9-7-15(21-2)8-10-16/h4-11,20H,3,12H2,1-2H3. The Morgan fingerprint density at radius 3 is 2.45 bits per heavy atom. The summed E-state index contributed by atoms with van der Waals surface area (Å²) in [6.45, 7) is 3.29. The number of ether oxygens (including phenoxy) is 2. The van der Waals surface area contributed by atoms with Crippen LogP contribution in [0.5, 0.6) is 17.2 Å². The van der Waals surface area contributed by atoms with E-state index < -0.39 is 0 Å². The lowest BCUT2D eigenvalue weighted by molar-refractivity contribution is 0.295. The van der Waals surface area contributed by atoms with Crippen molar-refractivity contribution in [1.29, 1.82) is 0 Å². The van der Waals surface area contributed by atoms with Gasteiger partial charge in [-0.15, -0.1) is 0 Å². The van der Waals surface area contributed by atoms with Crippen LogP contribution in [0.4, 0.5) is 0 Å². The van der Waals surface area contributed by atoms with Crippen LogP contribution in [0.3, 0.4) is 0 Å². The fourth-order valence-corrected chi connectivity index (χ4v) is 2.67. The molecule has 0 aliphatic heterocycles. The zero-order valence-electron chi connectivity index (χ0n) is 12.7. The number of rotatable bonds is 5. The first-order valence-electron chi connectivity index (χ1n) is 7.30. The number of hydrogen-bond acceptors (Lipinski definition) is 3. The maximum Gasteiger partial charge on any atom is 0.139 e. The zero-order valence-corrected chi connectivity index (χ0v) is 12.7. The molecule has 0 saturated carbocycles. The van der Waals surface area contributed by atoms with Crippen LogP contribution in [-0.2, 0) is 13.2 Å². The third kappa shape index (κ3) is 2.60. The summed E-state index contributed by atoms with van der Waals surface area (Å²) in [5.41, 5.74) is 1.90. The van der Waals surface area contributed by atoms with Crippen molar-refractivity contribution >= 4 is 10.9 Å². The molecule has 0 atom stereocenters. The number of phenols is 1. The lowest BCUT2D eigenvalue weighted by atomic mass is 10.2. The number of nitrogens with zero attached hydrogens (tertiary/aromatic N) is 1. The molecule has 0 aliphatic carbocycles. The van der Waals surface area contributed by atoms with Crippen LogP contribution in [0, 0.1) is 0 Å². The Bertz CT molecular complexity index is 775. The Labute approximate surface area is 129 Å². The molecule has 2 aromatic carbocycles. The van der Waals surface area contributed by atoms with E-state index in [2.05, 4.69) is 17.6 Å². The van der Waals surface area contributed by atoms with Crippen LogP contribution in [0.1, 0.15) is 12.6 Å². The van der Waals surface area contributed by atoms with Gasteiger partial charge in [0.1, 0.15) is 23.9 Å². The van der Waals surface area contributed by atoms with Gasteiger partial charge in [0, 0.05) is 11.9 Å². The van der Waals surface area contributed by atoms with Crippen LogP contribution < -0.4 is 9.47 Å². The molecule has 0 spiro atoms. The molecule has 0 amide bonds. The van der Waals surface area contributed by atoms with Crippen molar-refractivity contribution in [3.05, 3.63) is 54.2 Å². The van der Waals surface area contributed by atoms with E-state index in [1.807, 2.05) is 36.4 Å². The number of para-hydroxylation sites is 1. The summed E-state index contributed by atoms with van der Waals surface area (Å²) < 4.78 is 13.1. The SMILES string of the molecule is CCn1c(COc2ccc(OC)cc2)cc2cccc(O)c21. The average molecular weight is 297 g/mol. The van der Waals surface area contributed by atoms with Crippen LogP contribution in [0.2, 0.25) is 0 Å². The quantitative estimate of drug-likeness (QED) is 0.775. The maximum atomic E-state index is 10.1. The van der Waals surface area contributed by atoms with Gasteiger partial charge in [0.15, 0.2) is 0 Å². The normalized spacial score (nSPS) is 10.8. The summed E-state index contributed by atoms with van der Waals surface area (Å²) in [6.07, 6.45) is 0. The highest BCUT2D eigenvalue weighted by Gasteiger charge is 2.11. The molecule has 3 aromatic rings. The Balaban J connectivity index is 1.85. The van der Waals surface area contributed by atoms with E-state index in [1.165, 1.54) is 0 Å². The minimum Gasteiger partial charge on any atom is -0.506 e. The molecule has 4 nitrogen and oxygen atoms in total. The minimum absolute atomic E-state index is 0.301. The van der Waals surface area contributed by atoms with Crippen molar-refractivity contribution in [2.75, 3.05) is 7.11 Å². The smallest absolute Gasteiger partial charge is 0.139 e. The topological polar surface area (TPSA) is 43.6 Å². The second kappa shape index (κ2) is 6.02. The highest BCUT2D eigenvalue weighted by atomic mass is 16.5. The molecule has 0 unspecified atom stereocenters. The first kappa shape index (κ1) is 14.3. The molecule has 1 aromatic heterocycles. The molecule has 0 aliphatic rings. The monoisotopic (exact) mass is 297 g/mol. The first-order valence-corrected chi connectivity index (χ1v) is 7.30. The second-order valence-electron chi connectivity index (χ2n) is 5.06. The third-order valence-corrected chi connectivity index (χ3v) is 3.75. The summed E-state index contributed by atoms with van der Waals surface area (Å²) in [5.74, 6) is 1.90. The molecule has 22 heavy (non-hydrogen) atoms. The minimum atomic E-state index is 0.301. The van der Waals surface area contributed by atoms with E-state index in [0.29, 0.717) is 12.4 Å². The Morgan fingerprint density at radius 2 is 1.77 bits per heavy atom. The van der Waals surface area contributed by atoms with Gasteiger partial charge in [0.25, 0.3) is 0 Å². The Morgan fingerprint density at radius 1 is 1.05 bits per heavy atom. The highest BCUT2D eigenvalue weighted by molar-refractivity contribution is 5.86. The molecule has 0 radical (unpaired) electrons. The van der Waals surface area contributed by atoms with Gasteiger partial charge >= 0.3 is 0 Å². The number of aromatic nitrogens is 1. The Hall–Kier alpha value is -2.62. The van der Waals surface area contributed by atoms with E-state index in [0.717, 1.165) is 34.6 Å². The molecule has 1 N–H and O–H groups in total. The fourth-order valence-electron chi connectivity index (χ4n) is 2.67. The van der Waals surface area contributed by atoms with Crippen LogP contribution in [0.15, 0.2) is 48.5 Å². The van der Waals surface area contributed by atoms with Gasteiger partial charge in [-0.2, -0.15) is 0 Å². The number of hydrogen-bond donors (Lipinski definition) is 1. The number of benzene rings is 2. The molecule has 4 heteroatoms. The zero-order chi connectivity index (χ0) is 15.5. The van der Waals surface area contributed by atoms with Gasteiger partial charge in [0.2, 0.25) is 0 Å². The predicted molar refractivity (Wildman–Crippen MR) is 86.6 cm³/mol. The second-order valence-corrected chi connectivity index (χ2v) is 5.06. The lowest BCUT2D eigenvalue weighted by Gasteiger charge is -2.10. The van der Waals surface area contributed by atoms with E-state index in [4.69, 9.17) is 9.47 Å². The Kier molecular flexibility index (Phi) is 3.92. The molecule has 0 fully saturated rings. The number of aryl methyl sites for hydroxylation is 1. The molecule has 1 heterocycles. The van der Waals surface area contributed by atoms with Crippen molar-refractivity contribution in [3.63, 3.8) is 0 Å². The van der Waals surface area contributed by atoms with E-state index in [1.54, 1.807) is 13.2 Å². The molecule has 3 rings (SSSR count). The van der Waals surface area contributed by atoms with Crippen molar-refractivity contribution < 1.29 is 14.6 Å². The molecular formula is C18H19NO3. The molecular weight excluding hydrogens is 278 g/mol. The lowest BCUT2D eigenvalue weighted by Crippen LogP contribution is -2.04. The molecule has 0 bridgehead atoms. The number of fused-ring (bicyclic) bond motifs is 1. The summed E-state index contributed by atoms with van der Waals surface area (Å²) >= 11 is 0. The van der Waals surface area contributed by atoms with Crippen molar-refractivity contribution in [3.8, 4) is 17.2 Å². The summed E-state index contributed by atoms with van der Waals surface area (Å²) in [5, 5.41) is 11.1. The van der Waals surface area contributed by atoms with Gasteiger partial charge in [-0.25, -0.2) is 0 Å². The molecule has 0 saturated heterocycles. The van der Waals surface area contributed by atoms with Gasteiger partial charge in [0.05, 0.1) is 18.3 Å². The van der Waals surface area contributed by atoms with Crippen molar-refractivity contribution in [2.24, 2.45) is 0 Å². The van der Waals surface area contributed by atoms with Gasteiger partial charge in [-0.05, 0) is 43.3 Å². The summed E-state index contributed by atoms with van der Waals surface area (Å²) in [4.78, 5) is 0. The summed E-state index contributed by atoms with van der Waals surface area (Å²) in [7, 11) is 1.64. The van der Waals surface area contributed by atoms with Crippen molar-refractivity contribution in [1.82, 2.24) is 4.57 Å². The number of methoxy groups -OCH3 is 1. The van der Waals surface area contributed by atoms with E-state index in [-0.39, 0.29) is 0 Å². The first-order chi connectivity index (χ1) is 10.7. The van der Waals surface area contributed by atoms with Crippen LogP contribution >= 0.6 is 0 Å². The third-order valence-electron chi connectivity index (χ3n) is 3.75. The number of phenolic OH excluding ortho intramolecular Hbond substituents is 1. The van der Waals surface area contributed by atoms with Crippen LogP contribution in [0.25, 0.3) is 10.9 Å². The number of aromatic hydroxyl groups is 1. The molecule has 114 valence electrons. The van der Waals surface area contributed by atoms with Crippen molar-refractivity contribution in [2.45, 2.75) is 20.1 Å². The predicted octanol–water partition coefficient (Wildman–Crippen LogP) is 3.95. The van der Waals surface area contributed by atoms with Gasteiger partial charge < -0.3 is 19.1 Å². The van der Waals surface area contributed by atoms with E-state index in [9.17, 15) is 5.11 Å². The maximum absolute atomic E-state index is 10.1. The highest BCUT2D eigenvalue weighted by Crippen LogP contribution is 2.28. The van der Waals surface area contributed by atoms with Gasteiger partial charge in [-0.3, -0.25) is 0 Å². The average Bonchev–Trinajstić information content (AvgIpc) is 2.92. The van der Waals surface area contributed by atoms with E-state index >= 15 is 0 Å². The fraction of sp³-hybridized carbons (Fsp3) is 0.222. The van der Waals surface area contributed by atoms with Gasteiger partial charge in [-0.1, -0.05) is 12.1 Å².